The van der Waals surface area contributed by atoms with E-state index in [1.807, 2.05) is 48.5 Å². The van der Waals surface area contributed by atoms with E-state index in [1.165, 1.54) is 23.8 Å². The molecule has 0 fully saturated rings. The monoisotopic (exact) mass is 704 g/mol. The van der Waals surface area contributed by atoms with Gasteiger partial charge in [0, 0.05) is 23.2 Å². The Balaban J connectivity index is 0.000000255. The van der Waals surface area contributed by atoms with E-state index in [4.69, 9.17) is 34.2 Å². The van der Waals surface area contributed by atoms with Gasteiger partial charge in [-0.1, -0.05) is 50.2 Å². The average molecular weight is 706 g/mol. The van der Waals surface area contributed by atoms with E-state index in [9.17, 15) is 14.4 Å². The molecule has 0 radical (unpaired) electrons. The van der Waals surface area contributed by atoms with Gasteiger partial charge in [-0.25, -0.2) is 9.59 Å². The zero-order valence-corrected chi connectivity index (χ0v) is 26.1. The predicted octanol–water partition coefficient (Wildman–Crippen LogP) is 4.87. The second-order valence-corrected chi connectivity index (χ2v) is 10.5. The maximum absolute atomic E-state index is 11.6. The summed E-state index contributed by atoms with van der Waals surface area (Å²) >= 11 is 11.9. The Hall–Kier alpha value is -5.98. The van der Waals surface area contributed by atoms with E-state index in [2.05, 4.69) is 39.8 Å². The fourth-order valence-electron chi connectivity index (χ4n) is 4.38. The molecule has 0 unspecified atom stereocenters. The van der Waals surface area contributed by atoms with Crippen LogP contribution in [0.25, 0.3) is 21.8 Å². The Morgan fingerprint density at radius 1 is 0.735 bits per heavy atom. The molecule has 0 aliphatic carbocycles. The van der Waals surface area contributed by atoms with Crippen LogP contribution in [-0.4, -0.2) is 72.0 Å². The summed E-state index contributed by atoms with van der Waals surface area (Å²) in [5.74, 6) is -2.32. The quantitative estimate of drug-likeness (QED) is 0.221. The van der Waals surface area contributed by atoms with Gasteiger partial charge in [0.1, 0.15) is 6.07 Å². The normalized spacial score (nSPS) is 10.2. The van der Waals surface area contributed by atoms with Crippen molar-refractivity contribution in [3.63, 3.8) is 0 Å². The lowest BCUT2D eigenvalue weighted by Crippen LogP contribution is -2.17. The number of nitrogens with zero attached hydrogens (tertiary/aromatic N) is 9. The number of hydrogen-bond acceptors (Lipinski definition) is 12. The number of rotatable bonds is 7. The number of carbonyl (C=O) groups excluding carboxylic acids is 3. The highest BCUT2D eigenvalue weighted by Crippen LogP contribution is 2.20. The van der Waals surface area contributed by atoms with Crippen LogP contribution in [0, 0.1) is 11.3 Å². The van der Waals surface area contributed by atoms with Crippen molar-refractivity contribution in [1.29, 1.82) is 5.26 Å². The van der Waals surface area contributed by atoms with Crippen LogP contribution in [0.15, 0.2) is 60.9 Å². The molecule has 0 spiro atoms. The minimum absolute atomic E-state index is 0. The van der Waals surface area contributed by atoms with Gasteiger partial charge in [0.2, 0.25) is 11.4 Å². The molecular weight excluding hydrogens is 675 g/mol. The lowest BCUT2D eigenvalue weighted by Gasteiger charge is -2.03. The number of amides is 1. The van der Waals surface area contributed by atoms with E-state index >= 15 is 0 Å². The van der Waals surface area contributed by atoms with Gasteiger partial charge < -0.3 is 15.2 Å². The topological polar surface area (TPSA) is 207 Å². The van der Waals surface area contributed by atoms with Crippen molar-refractivity contribution < 1.29 is 23.9 Å². The van der Waals surface area contributed by atoms with Crippen molar-refractivity contribution in [2.45, 2.75) is 27.9 Å². The third kappa shape index (κ3) is 8.69. The molecule has 0 saturated heterocycles. The Morgan fingerprint density at radius 3 is 1.65 bits per heavy atom. The summed E-state index contributed by atoms with van der Waals surface area (Å²) < 4.78 is 9.16. The molecule has 0 atom stereocenters. The second kappa shape index (κ2) is 16.2. The molecule has 0 aliphatic heterocycles. The number of fused-ring (bicyclic) bond motifs is 2. The lowest BCUT2D eigenvalue weighted by molar-refractivity contribution is 0.0583. The molecule has 4 aromatic heterocycles. The predicted molar refractivity (Wildman–Crippen MR) is 181 cm³/mol. The summed E-state index contributed by atoms with van der Waals surface area (Å²) in [6.07, 6.45) is 3.15. The zero-order valence-electron chi connectivity index (χ0n) is 24.6. The van der Waals surface area contributed by atoms with Crippen LogP contribution >= 0.6 is 23.2 Å². The fraction of sp³-hybridized carbons (Fsp3) is 0.188. The Bertz CT molecular complexity index is 2210. The second-order valence-electron chi connectivity index (χ2n) is 9.68. The Kier molecular flexibility index (Phi) is 12.4. The van der Waals surface area contributed by atoms with Gasteiger partial charge in [-0.15, -0.1) is 20.4 Å². The molecule has 17 heteroatoms. The maximum Gasteiger partial charge on any atom is 0.361 e. The van der Waals surface area contributed by atoms with Crippen molar-refractivity contribution in [3.05, 3.63) is 105 Å². The summed E-state index contributed by atoms with van der Waals surface area (Å²) in [5, 5.41) is 27.8. The van der Waals surface area contributed by atoms with Crippen molar-refractivity contribution in [3.8, 4) is 6.07 Å². The number of primary amides is 1. The van der Waals surface area contributed by atoms with E-state index < -0.39 is 17.8 Å². The van der Waals surface area contributed by atoms with Crippen molar-refractivity contribution in [2.75, 3.05) is 14.2 Å². The highest BCUT2D eigenvalue weighted by atomic mass is 35.5. The largest absolute Gasteiger partial charge is 0.464 e. The molecular formula is C32H30Cl2N10O5. The van der Waals surface area contributed by atoms with Crippen LogP contribution in [0.1, 0.15) is 63.1 Å². The number of benzene rings is 2. The number of nitriles is 1. The van der Waals surface area contributed by atoms with Crippen LogP contribution in [0.5, 0.6) is 0 Å². The molecule has 0 saturated carbocycles. The molecule has 0 bridgehead atoms. The third-order valence-corrected chi connectivity index (χ3v) is 6.89. The van der Waals surface area contributed by atoms with Crippen LogP contribution in [0.3, 0.4) is 0 Å². The molecule has 4 heterocycles. The molecule has 6 aromatic rings. The number of methoxy groups -OCH3 is 2. The first-order valence-electron chi connectivity index (χ1n) is 13.4. The first-order valence-corrected chi connectivity index (χ1v) is 14.2. The number of esters is 2. The highest BCUT2D eigenvalue weighted by Gasteiger charge is 2.23. The molecule has 252 valence electrons. The SMILES string of the molecule is C.C.COC(=O)c1nn(Cc2ccc3ncc(Cl)cc3c2)nc1C#N.COC(=O)c1nn(Cc2ccc3ncc(Cl)cc3c2)nc1C(N)=O. The summed E-state index contributed by atoms with van der Waals surface area (Å²) in [7, 11) is 2.41. The van der Waals surface area contributed by atoms with Crippen LogP contribution < -0.4 is 5.73 Å². The number of pyridine rings is 2. The Morgan fingerprint density at radius 2 is 1.18 bits per heavy atom. The molecule has 2 N–H and O–H groups in total. The summed E-state index contributed by atoms with van der Waals surface area (Å²) in [6, 6.07) is 16.6. The standard InChI is InChI=1S/C15H12ClN5O3.C15H10ClN5O2.2CH4/c1-24-15(23)13-12(14(17)22)19-21(20-13)7-8-2-3-11-9(4-8)5-10(16)6-18-11;1-23-15(22)14-13(6-17)19-21(20-14)8-9-2-3-12-10(4-9)5-11(16)7-18-12;;/h2-6H,7H2,1H3,(H2,17,22);2-5,7H,8H2,1H3;2*1H4. The van der Waals surface area contributed by atoms with Gasteiger partial charge in [0.15, 0.2) is 11.4 Å². The molecule has 6 rings (SSSR count). The zero-order chi connectivity index (χ0) is 33.7. The van der Waals surface area contributed by atoms with Gasteiger partial charge >= 0.3 is 11.9 Å². The fourth-order valence-corrected chi connectivity index (χ4v) is 4.71. The first kappa shape index (κ1) is 37.5. The minimum Gasteiger partial charge on any atom is -0.464 e. The Labute approximate surface area is 290 Å². The summed E-state index contributed by atoms with van der Waals surface area (Å²) in [4.78, 5) is 45.5. The molecule has 15 nitrogen and oxygen atoms in total. The van der Waals surface area contributed by atoms with Crippen molar-refractivity contribution in [2.24, 2.45) is 5.73 Å². The van der Waals surface area contributed by atoms with Gasteiger partial charge in [-0.3, -0.25) is 14.8 Å². The smallest absolute Gasteiger partial charge is 0.361 e. The molecule has 2 aromatic carbocycles. The van der Waals surface area contributed by atoms with Gasteiger partial charge in [0.25, 0.3) is 5.91 Å². The van der Waals surface area contributed by atoms with E-state index in [0.29, 0.717) is 16.6 Å². The number of aromatic nitrogens is 8. The number of halogens is 2. The van der Waals surface area contributed by atoms with E-state index in [0.717, 1.165) is 32.9 Å². The molecule has 0 aliphatic rings. The molecule has 49 heavy (non-hydrogen) atoms. The summed E-state index contributed by atoms with van der Waals surface area (Å²) in [5.41, 5.74) is 7.96. The lowest BCUT2D eigenvalue weighted by atomic mass is 10.1. The van der Waals surface area contributed by atoms with E-state index in [1.54, 1.807) is 18.5 Å². The third-order valence-electron chi connectivity index (χ3n) is 6.48. The van der Waals surface area contributed by atoms with Gasteiger partial charge in [-0.05, 0) is 47.5 Å². The number of hydrogen-bond donors (Lipinski definition) is 1. The van der Waals surface area contributed by atoms with Crippen LogP contribution in [0.4, 0.5) is 0 Å². The number of ether oxygens (including phenoxy) is 2. The van der Waals surface area contributed by atoms with Crippen LogP contribution in [0.2, 0.25) is 10.0 Å². The molecule has 1 amide bonds. The minimum atomic E-state index is -0.851. The first-order chi connectivity index (χ1) is 22.6. The van der Waals surface area contributed by atoms with Crippen molar-refractivity contribution >= 4 is 62.9 Å². The van der Waals surface area contributed by atoms with Crippen molar-refractivity contribution in [1.82, 2.24) is 40.0 Å². The maximum atomic E-state index is 11.6. The van der Waals surface area contributed by atoms with Gasteiger partial charge in [-0.2, -0.15) is 14.9 Å². The summed E-state index contributed by atoms with van der Waals surface area (Å²) in [6.45, 7) is 0.536. The van der Waals surface area contributed by atoms with Crippen LogP contribution in [-0.2, 0) is 22.6 Å². The highest BCUT2D eigenvalue weighted by molar-refractivity contribution is 6.31. The van der Waals surface area contributed by atoms with Gasteiger partial charge in [0.05, 0.1) is 48.4 Å². The van der Waals surface area contributed by atoms with E-state index in [-0.39, 0.29) is 44.2 Å². The average Bonchev–Trinajstić information content (AvgIpc) is 3.68. The number of nitrogens with two attached hydrogens (primary N) is 1. The number of carbonyl (C=O) groups is 3.